The molecule has 0 aliphatic carbocycles. The second-order valence-electron chi connectivity index (χ2n) is 7.12. The molecule has 1 aromatic carbocycles. The van der Waals surface area contributed by atoms with Crippen molar-refractivity contribution in [2.24, 2.45) is 0 Å². The number of urea groups is 1. The summed E-state index contributed by atoms with van der Waals surface area (Å²) in [5, 5.41) is 7.85. The van der Waals surface area contributed by atoms with Gasteiger partial charge in [0.05, 0.1) is 25.0 Å². The Kier molecular flexibility index (Phi) is 3.88. The van der Waals surface area contributed by atoms with Crippen LogP contribution in [0, 0.1) is 5.82 Å². The minimum absolute atomic E-state index is 0.193. The lowest BCUT2D eigenvalue weighted by atomic mass is 10.1. The Balaban J connectivity index is 1.43. The topological polar surface area (TPSA) is 66.3 Å². The van der Waals surface area contributed by atoms with Crippen molar-refractivity contribution in [1.29, 1.82) is 0 Å². The molecule has 3 aromatic rings. The molecule has 2 aromatic heterocycles. The van der Waals surface area contributed by atoms with Gasteiger partial charge < -0.3 is 15.1 Å². The second-order valence-corrected chi connectivity index (χ2v) is 7.12. The Morgan fingerprint density at radius 3 is 2.75 bits per heavy atom. The highest BCUT2D eigenvalue weighted by molar-refractivity contribution is 5.90. The van der Waals surface area contributed by atoms with Crippen LogP contribution in [-0.4, -0.2) is 58.0 Å². The van der Waals surface area contributed by atoms with E-state index < -0.39 is 12.0 Å². The van der Waals surface area contributed by atoms with E-state index >= 15 is 0 Å². The Hall–Kier alpha value is -3.23. The van der Waals surface area contributed by atoms with Crippen molar-refractivity contribution in [3.8, 4) is 5.69 Å². The van der Waals surface area contributed by atoms with E-state index in [1.807, 2.05) is 11.0 Å². The number of amides is 2. The van der Waals surface area contributed by atoms with Gasteiger partial charge in [-0.2, -0.15) is 0 Å². The summed E-state index contributed by atoms with van der Waals surface area (Å²) in [6, 6.07) is 6.04. The Morgan fingerprint density at radius 1 is 1.21 bits per heavy atom. The average molecular weight is 384 g/mol. The fraction of sp³-hybridized carbons (Fsp3) is 0.316. The van der Waals surface area contributed by atoms with E-state index in [2.05, 4.69) is 15.4 Å². The molecule has 0 bridgehead atoms. The SMILES string of the molecule is O=C(Nc1ccc(F)c(-n2cc3cc(N4CC(F)C4)cnc3n2)c1)N1CCC1. The average Bonchev–Trinajstić information content (AvgIpc) is 3.02. The van der Waals surface area contributed by atoms with Crippen molar-refractivity contribution in [3.05, 3.63) is 42.5 Å². The zero-order chi connectivity index (χ0) is 19.3. The molecule has 0 radical (unpaired) electrons. The van der Waals surface area contributed by atoms with Gasteiger partial charge in [0.1, 0.15) is 17.7 Å². The summed E-state index contributed by atoms with van der Waals surface area (Å²) in [5.74, 6) is -0.460. The number of aromatic nitrogens is 3. The third-order valence-electron chi connectivity index (χ3n) is 5.13. The highest BCUT2D eigenvalue weighted by Crippen LogP contribution is 2.26. The Labute approximate surface area is 159 Å². The highest BCUT2D eigenvalue weighted by Gasteiger charge is 2.27. The number of fused-ring (bicyclic) bond motifs is 1. The summed E-state index contributed by atoms with van der Waals surface area (Å²) in [4.78, 5) is 20.0. The number of pyridine rings is 1. The van der Waals surface area contributed by atoms with E-state index in [0.717, 1.165) is 30.6 Å². The summed E-state index contributed by atoms with van der Waals surface area (Å²) in [6.07, 6.45) is 3.52. The van der Waals surface area contributed by atoms with E-state index in [1.165, 1.54) is 16.8 Å². The zero-order valence-electron chi connectivity index (χ0n) is 15.0. The minimum atomic E-state index is -0.804. The molecular formula is C19H18F2N6O. The standard InChI is InChI=1S/C19H18F2N6O/c20-13-10-26(11-13)15-6-12-9-27(24-18(12)22-8-15)17-7-14(2-3-16(17)21)23-19(28)25-4-1-5-25/h2-3,6-9,13H,1,4-5,10-11H2,(H,23,28). The second kappa shape index (κ2) is 6.43. The van der Waals surface area contributed by atoms with Crippen LogP contribution in [0.4, 0.5) is 25.0 Å². The summed E-state index contributed by atoms with van der Waals surface area (Å²) in [6.45, 7) is 2.18. The number of hydrogen-bond acceptors (Lipinski definition) is 4. The number of carbonyl (C=O) groups is 1. The van der Waals surface area contributed by atoms with Gasteiger partial charge in [0.15, 0.2) is 5.65 Å². The third kappa shape index (κ3) is 2.92. The third-order valence-corrected chi connectivity index (χ3v) is 5.13. The first-order valence-electron chi connectivity index (χ1n) is 9.17. The molecule has 2 aliphatic rings. The van der Waals surface area contributed by atoms with E-state index in [-0.39, 0.29) is 11.7 Å². The van der Waals surface area contributed by atoms with Crippen LogP contribution in [0.2, 0.25) is 0 Å². The summed E-state index contributed by atoms with van der Waals surface area (Å²) < 4.78 is 28.9. The van der Waals surface area contributed by atoms with Gasteiger partial charge in [-0.05, 0) is 30.7 Å². The van der Waals surface area contributed by atoms with Crippen molar-refractivity contribution >= 4 is 28.4 Å². The summed E-state index contributed by atoms with van der Waals surface area (Å²) in [5.41, 5.74) is 2.00. The van der Waals surface area contributed by atoms with Crippen LogP contribution in [0.3, 0.4) is 0 Å². The van der Waals surface area contributed by atoms with Crippen LogP contribution >= 0.6 is 0 Å². The summed E-state index contributed by atoms with van der Waals surface area (Å²) in [7, 11) is 0. The lowest BCUT2D eigenvalue weighted by Crippen LogP contribution is -2.48. The highest BCUT2D eigenvalue weighted by atomic mass is 19.1. The monoisotopic (exact) mass is 384 g/mol. The predicted molar refractivity (Wildman–Crippen MR) is 101 cm³/mol. The number of alkyl halides is 1. The molecule has 0 atom stereocenters. The zero-order valence-corrected chi connectivity index (χ0v) is 15.0. The number of anilines is 2. The maximum atomic E-state index is 14.4. The van der Waals surface area contributed by atoms with Crippen LogP contribution in [0.5, 0.6) is 0 Å². The van der Waals surface area contributed by atoms with Gasteiger partial charge in [0.25, 0.3) is 0 Å². The lowest BCUT2D eigenvalue weighted by Gasteiger charge is -2.36. The largest absolute Gasteiger partial charge is 0.364 e. The van der Waals surface area contributed by atoms with Crippen molar-refractivity contribution in [2.45, 2.75) is 12.6 Å². The van der Waals surface area contributed by atoms with E-state index in [4.69, 9.17) is 0 Å². The van der Waals surface area contributed by atoms with Gasteiger partial charge >= 0.3 is 6.03 Å². The Bertz CT molecular complexity index is 1060. The molecule has 28 heavy (non-hydrogen) atoms. The fourth-order valence-corrected chi connectivity index (χ4v) is 3.32. The molecule has 7 nitrogen and oxygen atoms in total. The van der Waals surface area contributed by atoms with Crippen molar-refractivity contribution < 1.29 is 13.6 Å². The Morgan fingerprint density at radius 2 is 2.04 bits per heavy atom. The van der Waals surface area contributed by atoms with Crippen molar-refractivity contribution in [2.75, 3.05) is 36.4 Å². The van der Waals surface area contributed by atoms with Gasteiger partial charge in [-0.3, -0.25) is 0 Å². The van der Waals surface area contributed by atoms with E-state index in [1.54, 1.807) is 23.4 Å². The molecule has 0 spiro atoms. The molecule has 4 heterocycles. The molecular weight excluding hydrogens is 366 g/mol. The van der Waals surface area contributed by atoms with Gasteiger partial charge in [-0.15, -0.1) is 5.10 Å². The molecule has 144 valence electrons. The number of nitrogens with zero attached hydrogens (tertiary/aromatic N) is 5. The lowest BCUT2D eigenvalue weighted by molar-refractivity contribution is 0.181. The molecule has 2 saturated heterocycles. The first-order valence-corrected chi connectivity index (χ1v) is 9.17. The van der Waals surface area contributed by atoms with Crippen LogP contribution in [0.15, 0.2) is 36.7 Å². The molecule has 2 aliphatic heterocycles. The van der Waals surface area contributed by atoms with Crippen molar-refractivity contribution in [1.82, 2.24) is 19.7 Å². The number of benzene rings is 1. The van der Waals surface area contributed by atoms with Crippen LogP contribution in [-0.2, 0) is 0 Å². The normalized spacial score (nSPS) is 16.8. The molecule has 0 unspecified atom stereocenters. The fourth-order valence-electron chi connectivity index (χ4n) is 3.32. The molecule has 9 heteroatoms. The van der Waals surface area contributed by atoms with Crippen LogP contribution < -0.4 is 10.2 Å². The van der Waals surface area contributed by atoms with Gasteiger partial charge in [-0.1, -0.05) is 0 Å². The number of nitrogens with one attached hydrogen (secondary N) is 1. The number of rotatable bonds is 3. The van der Waals surface area contributed by atoms with Gasteiger partial charge in [-0.25, -0.2) is 23.2 Å². The van der Waals surface area contributed by atoms with Crippen LogP contribution in [0.25, 0.3) is 16.7 Å². The first-order chi connectivity index (χ1) is 13.6. The molecule has 2 amide bonds. The minimum Gasteiger partial charge on any atom is -0.364 e. The van der Waals surface area contributed by atoms with Crippen molar-refractivity contribution in [3.63, 3.8) is 0 Å². The number of carbonyl (C=O) groups excluding carboxylic acids is 1. The van der Waals surface area contributed by atoms with Gasteiger partial charge in [0.2, 0.25) is 0 Å². The first kappa shape index (κ1) is 16.9. The number of halogens is 2. The maximum absolute atomic E-state index is 14.4. The quantitative estimate of drug-likeness (QED) is 0.754. The predicted octanol–water partition coefficient (Wildman–Crippen LogP) is 2.96. The molecule has 5 rings (SSSR count). The number of hydrogen-bond donors (Lipinski definition) is 1. The van der Waals surface area contributed by atoms with E-state index in [0.29, 0.717) is 24.4 Å². The molecule has 1 N–H and O–H groups in total. The summed E-state index contributed by atoms with van der Waals surface area (Å²) >= 11 is 0. The van der Waals surface area contributed by atoms with Crippen LogP contribution in [0.1, 0.15) is 6.42 Å². The maximum Gasteiger partial charge on any atom is 0.321 e. The smallest absolute Gasteiger partial charge is 0.321 e. The number of likely N-dealkylation sites (tertiary alicyclic amines) is 1. The molecule has 0 saturated carbocycles. The van der Waals surface area contributed by atoms with E-state index in [9.17, 15) is 13.6 Å². The molecule has 2 fully saturated rings. The van der Waals surface area contributed by atoms with Gasteiger partial charge in [0, 0.05) is 30.4 Å².